The van der Waals surface area contributed by atoms with E-state index in [1.54, 1.807) is 6.07 Å². The summed E-state index contributed by atoms with van der Waals surface area (Å²) in [7, 11) is 0. The summed E-state index contributed by atoms with van der Waals surface area (Å²) in [4.78, 5) is 18.9. The fraction of sp³-hybridized carbons (Fsp3) is 0.333. The zero-order valence-corrected chi connectivity index (χ0v) is 11.1. The summed E-state index contributed by atoms with van der Waals surface area (Å²) < 4.78 is 0. The van der Waals surface area contributed by atoms with Crippen molar-refractivity contribution in [1.82, 2.24) is 9.97 Å². The normalized spacial score (nSPS) is 10.6. The van der Waals surface area contributed by atoms with Crippen molar-refractivity contribution in [3.05, 3.63) is 63.3 Å². The van der Waals surface area contributed by atoms with E-state index >= 15 is 0 Å². The van der Waals surface area contributed by atoms with E-state index in [0.717, 1.165) is 18.5 Å². The Labute approximate surface area is 112 Å². The number of aromatic nitrogens is 2. The van der Waals surface area contributed by atoms with Crippen LogP contribution in [-0.4, -0.2) is 16.5 Å². The summed E-state index contributed by atoms with van der Waals surface area (Å²) >= 11 is 0. The Kier molecular flexibility index (Phi) is 4.47. The number of nitrogens with one attached hydrogen (secondary N) is 1. The Bertz CT molecular complexity index is 604. The number of nitrogens with two attached hydrogens (primary N) is 1. The van der Waals surface area contributed by atoms with Gasteiger partial charge in [0.2, 0.25) is 0 Å². The quantitative estimate of drug-likeness (QED) is 0.854. The second-order valence-corrected chi connectivity index (χ2v) is 4.68. The molecule has 19 heavy (non-hydrogen) atoms. The van der Waals surface area contributed by atoms with Crippen LogP contribution in [0.25, 0.3) is 0 Å². The molecule has 0 spiro atoms. The summed E-state index contributed by atoms with van der Waals surface area (Å²) in [5.74, 6) is 0.717. The third-order valence-electron chi connectivity index (χ3n) is 3.10. The summed E-state index contributed by atoms with van der Waals surface area (Å²) in [6.45, 7) is 2.67. The lowest BCUT2D eigenvalue weighted by Gasteiger charge is -2.06. The highest BCUT2D eigenvalue weighted by Gasteiger charge is 2.04. The number of nitrogens with zero attached hydrogens (tertiary/aromatic N) is 1. The van der Waals surface area contributed by atoms with Crippen molar-refractivity contribution in [1.29, 1.82) is 0 Å². The first kappa shape index (κ1) is 13.5. The van der Waals surface area contributed by atoms with E-state index in [1.807, 2.05) is 12.1 Å². The van der Waals surface area contributed by atoms with Crippen LogP contribution in [0.5, 0.6) is 0 Å². The van der Waals surface area contributed by atoms with Gasteiger partial charge >= 0.3 is 0 Å². The second kappa shape index (κ2) is 6.29. The SMILES string of the molecule is Cc1ccccc1Cc1nc(CCCN)cc(=O)[nH]1. The van der Waals surface area contributed by atoms with Gasteiger partial charge in [-0.3, -0.25) is 4.79 Å². The largest absolute Gasteiger partial charge is 0.330 e. The highest BCUT2D eigenvalue weighted by atomic mass is 16.1. The summed E-state index contributed by atoms with van der Waals surface area (Å²) in [5.41, 5.74) is 8.60. The highest BCUT2D eigenvalue weighted by molar-refractivity contribution is 5.28. The zero-order chi connectivity index (χ0) is 13.7. The lowest BCUT2D eigenvalue weighted by atomic mass is 10.1. The van der Waals surface area contributed by atoms with Crippen molar-refractivity contribution < 1.29 is 0 Å². The molecule has 1 aromatic heterocycles. The maximum atomic E-state index is 11.6. The molecule has 0 amide bonds. The maximum absolute atomic E-state index is 11.6. The number of hydrogen-bond acceptors (Lipinski definition) is 3. The van der Waals surface area contributed by atoms with Gasteiger partial charge in [-0.25, -0.2) is 4.98 Å². The molecule has 0 unspecified atom stereocenters. The van der Waals surface area contributed by atoms with Crippen LogP contribution < -0.4 is 11.3 Å². The van der Waals surface area contributed by atoms with Gasteiger partial charge in [-0.1, -0.05) is 24.3 Å². The van der Waals surface area contributed by atoms with E-state index in [1.165, 1.54) is 11.1 Å². The van der Waals surface area contributed by atoms with E-state index in [9.17, 15) is 4.79 Å². The maximum Gasteiger partial charge on any atom is 0.251 e. The summed E-state index contributed by atoms with van der Waals surface area (Å²) in [6, 6.07) is 9.68. The molecule has 1 aromatic carbocycles. The summed E-state index contributed by atoms with van der Waals surface area (Å²) in [5, 5.41) is 0. The monoisotopic (exact) mass is 257 g/mol. The summed E-state index contributed by atoms with van der Waals surface area (Å²) in [6.07, 6.45) is 2.25. The smallest absolute Gasteiger partial charge is 0.251 e. The van der Waals surface area contributed by atoms with E-state index in [0.29, 0.717) is 18.8 Å². The third-order valence-corrected chi connectivity index (χ3v) is 3.10. The Hall–Kier alpha value is -1.94. The minimum atomic E-state index is -0.0920. The van der Waals surface area contributed by atoms with Gasteiger partial charge < -0.3 is 10.7 Å². The lowest BCUT2D eigenvalue weighted by molar-refractivity contribution is 0.786. The molecule has 3 N–H and O–H groups in total. The standard InChI is InChI=1S/C15H19N3O/c1-11-5-2-3-6-12(11)9-14-17-13(7-4-8-16)10-15(19)18-14/h2-3,5-6,10H,4,7-9,16H2,1H3,(H,17,18,19). The molecule has 0 aliphatic heterocycles. The van der Waals surface area contributed by atoms with Gasteiger partial charge in [-0.05, 0) is 37.4 Å². The topological polar surface area (TPSA) is 71.8 Å². The van der Waals surface area contributed by atoms with E-state index < -0.39 is 0 Å². The fourth-order valence-electron chi connectivity index (χ4n) is 2.05. The molecule has 0 atom stereocenters. The molecule has 0 saturated carbocycles. The van der Waals surface area contributed by atoms with Crippen LogP contribution in [-0.2, 0) is 12.8 Å². The Morgan fingerprint density at radius 2 is 2.11 bits per heavy atom. The minimum Gasteiger partial charge on any atom is -0.330 e. The molecule has 0 saturated heterocycles. The molecule has 2 rings (SSSR count). The molecular weight excluding hydrogens is 238 g/mol. The predicted octanol–water partition coefficient (Wildman–Crippen LogP) is 1.56. The highest BCUT2D eigenvalue weighted by Crippen LogP contribution is 2.10. The van der Waals surface area contributed by atoms with Crippen LogP contribution in [0, 0.1) is 6.92 Å². The Morgan fingerprint density at radius 3 is 2.84 bits per heavy atom. The first-order valence-electron chi connectivity index (χ1n) is 6.52. The van der Waals surface area contributed by atoms with Crippen LogP contribution in [0.1, 0.15) is 29.1 Å². The van der Waals surface area contributed by atoms with Gasteiger partial charge in [0.1, 0.15) is 5.82 Å². The second-order valence-electron chi connectivity index (χ2n) is 4.68. The molecular formula is C15H19N3O. The van der Waals surface area contributed by atoms with Crippen molar-refractivity contribution in [3.8, 4) is 0 Å². The molecule has 0 aliphatic carbocycles. The van der Waals surface area contributed by atoms with Gasteiger partial charge in [0.05, 0.1) is 0 Å². The molecule has 1 heterocycles. The first-order chi connectivity index (χ1) is 9.19. The third kappa shape index (κ3) is 3.76. The van der Waals surface area contributed by atoms with E-state index in [4.69, 9.17) is 5.73 Å². The molecule has 0 fully saturated rings. The average molecular weight is 257 g/mol. The van der Waals surface area contributed by atoms with Gasteiger partial charge in [-0.15, -0.1) is 0 Å². The first-order valence-corrected chi connectivity index (χ1v) is 6.52. The Balaban J connectivity index is 2.23. The predicted molar refractivity (Wildman–Crippen MR) is 76.2 cm³/mol. The van der Waals surface area contributed by atoms with Crippen LogP contribution in [0.3, 0.4) is 0 Å². The fourth-order valence-corrected chi connectivity index (χ4v) is 2.05. The molecule has 0 bridgehead atoms. The van der Waals surface area contributed by atoms with Crippen LogP contribution in [0.4, 0.5) is 0 Å². The molecule has 2 aromatic rings. The van der Waals surface area contributed by atoms with Gasteiger partial charge in [0.15, 0.2) is 0 Å². The van der Waals surface area contributed by atoms with E-state index in [-0.39, 0.29) is 5.56 Å². The van der Waals surface area contributed by atoms with Gasteiger partial charge in [-0.2, -0.15) is 0 Å². The van der Waals surface area contributed by atoms with Crippen LogP contribution in [0.15, 0.2) is 35.1 Å². The number of aryl methyl sites for hydroxylation is 2. The van der Waals surface area contributed by atoms with Crippen molar-refractivity contribution in [2.24, 2.45) is 5.73 Å². The molecule has 0 aliphatic rings. The molecule has 4 nitrogen and oxygen atoms in total. The number of benzene rings is 1. The number of H-pyrrole nitrogens is 1. The van der Waals surface area contributed by atoms with Crippen LogP contribution >= 0.6 is 0 Å². The van der Waals surface area contributed by atoms with Crippen molar-refractivity contribution in [2.75, 3.05) is 6.54 Å². The number of aromatic amines is 1. The van der Waals surface area contributed by atoms with Crippen molar-refractivity contribution >= 4 is 0 Å². The average Bonchev–Trinajstić information content (AvgIpc) is 2.38. The number of hydrogen-bond donors (Lipinski definition) is 2. The minimum absolute atomic E-state index is 0.0920. The lowest BCUT2D eigenvalue weighted by Crippen LogP contribution is -2.14. The zero-order valence-electron chi connectivity index (χ0n) is 11.1. The Morgan fingerprint density at radius 1 is 1.32 bits per heavy atom. The van der Waals surface area contributed by atoms with E-state index in [2.05, 4.69) is 29.0 Å². The van der Waals surface area contributed by atoms with Crippen molar-refractivity contribution in [3.63, 3.8) is 0 Å². The molecule has 100 valence electrons. The van der Waals surface area contributed by atoms with Crippen molar-refractivity contribution in [2.45, 2.75) is 26.2 Å². The van der Waals surface area contributed by atoms with Gasteiger partial charge in [0.25, 0.3) is 5.56 Å². The molecule has 4 heteroatoms. The molecule has 0 radical (unpaired) electrons. The van der Waals surface area contributed by atoms with Crippen LogP contribution in [0.2, 0.25) is 0 Å². The number of rotatable bonds is 5. The van der Waals surface area contributed by atoms with Gasteiger partial charge in [0, 0.05) is 18.2 Å².